The van der Waals surface area contributed by atoms with E-state index in [0.29, 0.717) is 18.2 Å². The van der Waals surface area contributed by atoms with E-state index in [1.54, 1.807) is 18.9 Å². The van der Waals surface area contributed by atoms with E-state index in [2.05, 4.69) is 20.1 Å². The van der Waals surface area contributed by atoms with Crippen LogP contribution < -0.4 is 15.8 Å². The van der Waals surface area contributed by atoms with Crippen molar-refractivity contribution in [3.8, 4) is 17.1 Å². The fraction of sp³-hybridized carbons (Fsp3) is 0.500. The number of primary amides is 1. The molecule has 0 aliphatic heterocycles. The number of ether oxygens (including phenoxy) is 1. The molecular formula is C20H27N5O3S. The normalized spacial score (nSPS) is 14.5. The Morgan fingerprint density at radius 2 is 1.93 bits per heavy atom. The predicted octanol–water partition coefficient (Wildman–Crippen LogP) is 3.53. The van der Waals surface area contributed by atoms with E-state index in [1.165, 1.54) is 19.3 Å². The Kier molecular flexibility index (Phi) is 7.51. The molecule has 1 aliphatic rings. The summed E-state index contributed by atoms with van der Waals surface area (Å²) in [6, 6.07) is 7.44. The monoisotopic (exact) mass is 417 g/mol. The molecule has 0 radical (unpaired) electrons. The lowest BCUT2D eigenvalue weighted by atomic mass is 9.95. The lowest BCUT2D eigenvalue weighted by Gasteiger charge is -2.25. The second-order valence-electron chi connectivity index (χ2n) is 7.06. The highest BCUT2D eigenvalue weighted by Crippen LogP contribution is 2.36. The van der Waals surface area contributed by atoms with Crippen molar-refractivity contribution in [2.24, 2.45) is 5.73 Å². The zero-order chi connectivity index (χ0) is 20.6. The van der Waals surface area contributed by atoms with E-state index in [1.807, 2.05) is 24.3 Å². The lowest BCUT2D eigenvalue weighted by molar-refractivity contribution is -0.119. The maximum Gasteiger partial charge on any atom is 0.318 e. The number of thioether (sulfide) groups is 1. The van der Waals surface area contributed by atoms with Gasteiger partial charge in [-0.15, -0.1) is 10.2 Å². The highest BCUT2D eigenvalue weighted by atomic mass is 32.2. The zero-order valence-corrected chi connectivity index (χ0v) is 17.4. The molecule has 1 heterocycles. The number of rotatable bonds is 8. The minimum absolute atomic E-state index is 0.249. The molecule has 3 rings (SSSR count). The number of nitrogens with zero attached hydrogens (tertiary/aromatic N) is 3. The summed E-state index contributed by atoms with van der Waals surface area (Å²) < 4.78 is 7.52. The second-order valence-corrected chi connectivity index (χ2v) is 8.12. The summed E-state index contributed by atoms with van der Waals surface area (Å²) in [5, 5.41) is 11.9. The molecule has 2 aromatic rings. The number of imide groups is 1. The lowest BCUT2D eigenvalue weighted by Crippen LogP contribution is -2.34. The zero-order valence-electron chi connectivity index (χ0n) is 16.6. The number of carbonyl (C=O) groups excluding carboxylic acids is 2. The molecule has 9 heteroatoms. The van der Waals surface area contributed by atoms with Gasteiger partial charge in [0.1, 0.15) is 5.75 Å². The van der Waals surface area contributed by atoms with Crippen LogP contribution >= 0.6 is 11.8 Å². The Labute approximate surface area is 174 Å². The molecule has 29 heavy (non-hydrogen) atoms. The third kappa shape index (κ3) is 5.72. The minimum atomic E-state index is -0.816. The van der Waals surface area contributed by atoms with E-state index < -0.39 is 6.03 Å². The van der Waals surface area contributed by atoms with Crippen molar-refractivity contribution in [2.45, 2.75) is 56.1 Å². The SMILES string of the molecule is COc1ccc(-c2nnc(SCCCC(=O)NC(N)=O)n2C2CCCCC2)cc1. The largest absolute Gasteiger partial charge is 0.497 e. The van der Waals surface area contributed by atoms with Crippen LogP contribution in [0.3, 0.4) is 0 Å². The van der Waals surface area contributed by atoms with Crippen LogP contribution in [0.25, 0.3) is 11.4 Å². The predicted molar refractivity (Wildman–Crippen MR) is 112 cm³/mol. The van der Waals surface area contributed by atoms with Crippen LogP contribution in [0.4, 0.5) is 4.79 Å². The minimum Gasteiger partial charge on any atom is -0.497 e. The number of benzene rings is 1. The van der Waals surface area contributed by atoms with Crippen molar-refractivity contribution < 1.29 is 14.3 Å². The molecule has 1 aromatic carbocycles. The highest BCUT2D eigenvalue weighted by Gasteiger charge is 2.23. The maximum atomic E-state index is 11.6. The van der Waals surface area contributed by atoms with Crippen LogP contribution in [0.5, 0.6) is 5.75 Å². The molecule has 0 atom stereocenters. The molecule has 1 aromatic heterocycles. The van der Waals surface area contributed by atoms with Crippen molar-refractivity contribution in [3.63, 3.8) is 0 Å². The molecule has 0 saturated heterocycles. The molecular weight excluding hydrogens is 390 g/mol. The molecule has 0 bridgehead atoms. The number of carbonyl (C=O) groups is 2. The topological polar surface area (TPSA) is 112 Å². The number of aromatic nitrogens is 3. The first-order chi connectivity index (χ1) is 14.1. The van der Waals surface area contributed by atoms with Crippen LogP contribution in [0, 0.1) is 0 Å². The third-order valence-corrected chi connectivity index (χ3v) is 6.02. The Balaban J connectivity index is 1.73. The fourth-order valence-corrected chi connectivity index (χ4v) is 4.52. The van der Waals surface area contributed by atoms with Gasteiger partial charge in [0.15, 0.2) is 11.0 Å². The van der Waals surface area contributed by atoms with Gasteiger partial charge in [0.05, 0.1) is 7.11 Å². The standard InChI is InChI=1S/C20H27N5O3S/c1-28-16-11-9-14(10-12-16)18-23-24-20(25(18)15-6-3-2-4-7-15)29-13-5-8-17(26)22-19(21)27/h9-12,15H,2-8,13H2,1H3,(H3,21,22,26,27). The number of methoxy groups -OCH3 is 1. The van der Waals surface area contributed by atoms with E-state index in [0.717, 1.165) is 35.1 Å². The van der Waals surface area contributed by atoms with Gasteiger partial charge in [0.2, 0.25) is 5.91 Å². The molecule has 8 nitrogen and oxygen atoms in total. The first-order valence-electron chi connectivity index (χ1n) is 9.90. The van der Waals surface area contributed by atoms with Crippen LogP contribution in [0.2, 0.25) is 0 Å². The highest BCUT2D eigenvalue weighted by molar-refractivity contribution is 7.99. The molecule has 1 saturated carbocycles. The number of amides is 3. The maximum absolute atomic E-state index is 11.6. The Morgan fingerprint density at radius 1 is 1.21 bits per heavy atom. The number of nitrogens with two attached hydrogens (primary N) is 1. The second kappa shape index (κ2) is 10.3. The van der Waals surface area contributed by atoms with Crippen molar-refractivity contribution >= 4 is 23.7 Å². The van der Waals surface area contributed by atoms with Gasteiger partial charge in [-0.2, -0.15) is 0 Å². The summed E-state index contributed by atoms with van der Waals surface area (Å²) in [7, 11) is 1.65. The summed E-state index contributed by atoms with van der Waals surface area (Å²) in [5.41, 5.74) is 5.97. The van der Waals surface area contributed by atoms with Crippen molar-refractivity contribution in [1.29, 1.82) is 0 Å². The smallest absolute Gasteiger partial charge is 0.318 e. The Morgan fingerprint density at radius 3 is 2.59 bits per heavy atom. The average Bonchev–Trinajstić information content (AvgIpc) is 3.15. The summed E-state index contributed by atoms with van der Waals surface area (Å²) in [6.07, 6.45) is 6.81. The van der Waals surface area contributed by atoms with Crippen molar-refractivity contribution in [2.75, 3.05) is 12.9 Å². The van der Waals surface area contributed by atoms with Gasteiger partial charge in [-0.05, 0) is 43.5 Å². The van der Waals surface area contributed by atoms with Gasteiger partial charge < -0.3 is 10.5 Å². The van der Waals surface area contributed by atoms with Crippen LogP contribution in [-0.2, 0) is 4.79 Å². The first-order valence-corrected chi connectivity index (χ1v) is 10.9. The number of hydrogen-bond acceptors (Lipinski definition) is 6. The van der Waals surface area contributed by atoms with Crippen molar-refractivity contribution in [1.82, 2.24) is 20.1 Å². The molecule has 156 valence electrons. The summed E-state index contributed by atoms with van der Waals surface area (Å²) in [6.45, 7) is 0. The molecule has 0 unspecified atom stereocenters. The van der Waals surface area contributed by atoms with Crippen LogP contribution in [-0.4, -0.2) is 39.6 Å². The van der Waals surface area contributed by atoms with Gasteiger partial charge in [-0.3, -0.25) is 14.7 Å². The number of nitrogens with one attached hydrogen (secondary N) is 1. The van der Waals surface area contributed by atoms with Crippen LogP contribution in [0.15, 0.2) is 29.4 Å². The average molecular weight is 418 g/mol. The van der Waals surface area contributed by atoms with Gasteiger partial charge in [-0.25, -0.2) is 4.79 Å². The first kappa shape index (κ1) is 21.2. The van der Waals surface area contributed by atoms with Gasteiger partial charge in [0, 0.05) is 23.8 Å². The number of hydrogen-bond donors (Lipinski definition) is 2. The molecule has 0 spiro atoms. The summed E-state index contributed by atoms with van der Waals surface area (Å²) in [4.78, 5) is 22.3. The summed E-state index contributed by atoms with van der Waals surface area (Å²) in [5.74, 6) is 2.03. The molecule has 3 amide bonds. The van der Waals surface area contributed by atoms with E-state index >= 15 is 0 Å². The molecule has 3 N–H and O–H groups in total. The molecule has 1 fully saturated rings. The Hall–Kier alpha value is -2.55. The van der Waals surface area contributed by atoms with Gasteiger partial charge in [0.25, 0.3) is 0 Å². The van der Waals surface area contributed by atoms with Crippen LogP contribution in [0.1, 0.15) is 51.0 Å². The Bertz CT molecular complexity index is 831. The quantitative estimate of drug-likeness (QED) is 0.502. The molecule has 1 aliphatic carbocycles. The van der Waals surface area contributed by atoms with Crippen molar-refractivity contribution in [3.05, 3.63) is 24.3 Å². The fourth-order valence-electron chi connectivity index (χ4n) is 3.58. The third-order valence-electron chi connectivity index (χ3n) is 4.99. The van der Waals surface area contributed by atoms with Gasteiger partial charge in [-0.1, -0.05) is 31.0 Å². The van der Waals surface area contributed by atoms with E-state index in [-0.39, 0.29) is 12.3 Å². The summed E-state index contributed by atoms with van der Waals surface area (Å²) >= 11 is 1.59. The van der Waals surface area contributed by atoms with E-state index in [4.69, 9.17) is 10.5 Å². The van der Waals surface area contributed by atoms with Gasteiger partial charge >= 0.3 is 6.03 Å². The van der Waals surface area contributed by atoms with E-state index in [9.17, 15) is 9.59 Å². The number of urea groups is 1.